The summed E-state index contributed by atoms with van der Waals surface area (Å²) in [7, 11) is 0. The molecule has 0 spiro atoms. The number of halogens is 1. The van der Waals surface area contributed by atoms with Gasteiger partial charge in [-0.2, -0.15) is 0 Å². The second-order valence-electron chi connectivity index (χ2n) is 9.03. The van der Waals surface area contributed by atoms with Crippen molar-refractivity contribution in [1.82, 2.24) is 25.1 Å². The lowest BCUT2D eigenvalue weighted by Gasteiger charge is -2.22. The Hall–Kier alpha value is -3.21. The van der Waals surface area contributed by atoms with Crippen LogP contribution in [0, 0.1) is 12.8 Å². The molecule has 1 atom stereocenters. The van der Waals surface area contributed by atoms with Gasteiger partial charge < -0.3 is 15.2 Å². The lowest BCUT2D eigenvalue weighted by Crippen LogP contribution is -2.33. The van der Waals surface area contributed by atoms with Crippen molar-refractivity contribution < 1.29 is 9.59 Å². The first-order chi connectivity index (χ1) is 18.2. The van der Waals surface area contributed by atoms with Crippen LogP contribution in [0.15, 0.2) is 59.1 Å². The maximum absolute atomic E-state index is 12.9. The van der Waals surface area contributed by atoms with E-state index in [1.54, 1.807) is 18.2 Å². The second kappa shape index (κ2) is 12.6. The van der Waals surface area contributed by atoms with Crippen LogP contribution in [0.2, 0.25) is 5.02 Å². The number of amides is 2. The van der Waals surface area contributed by atoms with E-state index in [2.05, 4.69) is 25.8 Å². The van der Waals surface area contributed by atoms with Crippen LogP contribution in [0.1, 0.15) is 48.6 Å². The SMILES string of the molecule is CCn1c(SCC(=O)Nc2nc(-c3ccc(Cl)cc3)cs2)nnc1[C@H](NC(=O)c1cccc(C)c1)C(C)C. The molecule has 38 heavy (non-hydrogen) atoms. The molecule has 0 aliphatic rings. The molecule has 2 aromatic heterocycles. The number of hydrogen-bond donors (Lipinski definition) is 2. The van der Waals surface area contributed by atoms with Crippen LogP contribution in [0.3, 0.4) is 0 Å². The summed E-state index contributed by atoms with van der Waals surface area (Å²) in [6.45, 7) is 8.61. The first kappa shape index (κ1) is 27.8. The zero-order valence-corrected chi connectivity index (χ0v) is 24.0. The molecular formula is C27H29ClN6O2S2. The monoisotopic (exact) mass is 568 g/mol. The smallest absolute Gasteiger partial charge is 0.251 e. The molecule has 0 unspecified atom stereocenters. The number of benzene rings is 2. The molecule has 0 fully saturated rings. The first-order valence-corrected chi connectivity index (χ1v) is 14.4. The van der Waals surface area contributed by atoms with Crippen molar-refractivity contribution in [3.63, 3.8) is 0 Å². The predicted octanol–water partition coefficient (Wildman–Crippen LogP) is 6.24. The van der Waals surface area contributed by atoms with Crippen molar-refractivity contribution in [2.24, 2.45) is 5.92 Å². The number of rotatable bonds is 10. The van der Waals surface area contributed by atoms with E-state index in [4.69, 9.17) is 11.6 Å². The van der Waals surface area contributed by atoms with E-state index in [9.17, 15) is 9.59 Å². The topological polar surface area (TPSA) is 102 Å². The Kier molecular flexibility index (Phi) is 9.19. The number of nitrogens with zero attached hydrogens (tertiary/aromatic N) is 4. The van der Waals surface area contributed by atoms with E-state index in [-0.39, 0.29) is 29.5 Å². The molecule has 4 rings (SSSR count). The molecule has 2 amide bonds. The lowest BCUT2D eigenvalue weighted by molar-refractivity contribution is -0.113. The maximum Gasteiger partial charge on any atom is 0.251 e. The molecule has 0 aliphatic heterocycles. The zero-order valence-electron chi connectivity index (χ0n) is 21.6. The summed E-state index contributed by atoms with van der Waals surface area (Å²) in [4.78, 5) is 30.1. The van der Waals surface area contributed by atoms with Crippen LogP contribution < -0.4 is 10.6 Å². The number of nitrogens with one attached hydrogen (secondary N) is 2. The molecule has 2 N–H and O–H groups in total. The number of thioether (sulfide) groups is 1. The third kappa shape index (κ3) is 6.80. The fraction of sp³-hybridized carbons (Fsp3) is 0.296. The maximum atomic E-state index is 12.9. The number of carbonyl (C=O) groups excluding carboxylic acids is 2. The van der Waals surface area contributed by atoms with Gasteiger partial charge in [0.15, 0.2) is 16.1 Å². The highest BCUT2D eigenvalue weighted by Crippen LogP contribution is 2.28. The van der Waals surface area contributed by atoms with Gasteiger partial charge in [-0.05, 0) is 44.0 Å². The summed E-state index contributed by atoms with van der Waals surface area (Å²) in [5, 5.41) is 18.4. The number of aromatic nitrogens is 4. The van der Waals surface area contributed by atoms with E-state index < -0.39 is 0 Å². The first-order valence-electron chi connectivity index (χ1n) is 12.2. The van der Waals surface area contributed by atoms with Gasteiger partial charge in [0, 0.05) is 28.1 Å². The highest BCUT2D eigenvalue weighted by Gasteiger charge is 2.26. The summed E-state index contributed by atoms with van der Waals surface area (Å²) in [5.74, 6) is 0.550. The lowest BCUT2D eigenvalue weighted by atomic mass is 10.0. The summed E-state index contributed by atoms with van der Waals surface area (Å²) in [6, 6.07) is 14.5. The van der Waals surface area contributed by atoms with E-state index in [1.807, 2.05) is 68.0 Å². The minimum atomic E-state index is -0.333. The number of carbonyl (C=O) groups is 2. The Morgan fingerprint density at radius 1 is 1.13 bits per heavy atom. The predicted molar refractivity (Wildman–Crippen MR) is 154 cm³/mol. The molecule has 0 bridgehead atoms. The minimum absolute atomic E-state index is 0.0825. The van der Waals surface area contributed by atoms with Crippen LogP contribution in [0.4, 0.5) is 5.13 Å². The average Bonchev–Trinajstić information content (AvgIpc) is 3.53. The van der Waals surface area contributed by atoms with Crippen molar-refractivity contribution >= 4 is 51.6 Å². The molecule has 0 saturated heterocycles. The third-order valence-electron chi connectivity index (χ3n) is 5.80. The van der Waals surface area contributed by atoms with Gasteiger partial charge in [-0.1, -0.05) is 67.0 Å². The van der Waals surface area contributed by atoms with Gasteiger partial charge in [-0.25, -0.2) is 4.98 Å². The third-order valence-corrected chi connectivity index (χ3v) is 7.77. The molecule has 2 aromatic carbocycles. The number of hydrogen-bond acceptors (Lipinski definition) is 7. The second-order valence-corrected chi connectivity index (χ2v) is 11.3. The highest BCUT2D eigenvalue weighted by atomic mass is 35.5. The summed E-state index contributed by atoms with van der Waals surface area (Å²) >= 11 is 8.62. The van der Waals surface area contributed by atoms with E-state index in [1.165, 1.54) is 23.1 Å². The molecule has 11 heteroatoms. The van der Waals surface area contributed by atoms with Crippen LogP contribution in [-0.4, -0.2) is 37.3 Å². The van der Waals surface area contributed by atoms with Crippen molar-refractivity contribution in [3.8, 4) is 11.3 Å². The van der Waals surface area contributed by atoms with Crippen molar-refractivity contribution in [2.75, 3.05) is 11.1 Å². The van der Waals surface area contributed by atoms with Gasteiger partial charge in [0.25, 0.3) is 5.91 Å². The molecule has 2 heterocycles. The van der Waals surface area contributed by atoms with Gasteiger partial charge in [0.1, 0.15) is 0 Å². The molecular weight excluding hydrogens is 540 g/mol. The number of anilines is 1. The van der Waals surface area contributed by atoms with Gasteiger partial charge in [-0.15, -0.1) is 21.5 Å². The Labute approximate surface area is 235 Å². The Morgan fingerprint density at radius 3 is 2.58 bits per heavy atom. The summed E-state index contributed by atoms with van der Waals surface area (Å²) < 4.78 is 1.95. The largest absolute Gasteiger partial charge is 0.342 e. The molecule has 4 aromatic rings. The molecule has 198 valence electrons. The zero-order chi connectivity index (χ0) is 27.2. The summed E-state index contributed by atoms with van der Waals surface area (Å²) in [6.07, 6.45) is 0. The van der Waals surface area contributed by atoms with Crippen LogP contribution >= 0.6 is 34.7 Å². The van der Waals surface area contributed by atoms with Crippen LogP contribution in [-0.2, 0) is 11.3 Å². The minimum Gasteiger partial charge on any atom is -0.342 e. The Bertz CT molecular complexity index is 1420. The van der Waals surface area contributed by atoms with Crippen LogP contribution in [0.25, 0.3) is 11.3 Å². The standard InChI is InChI=1S/C27H29ClN6O2S2/c1-5-34-24(23(16(2)3)31-25(36)19-8-6-7-17(4)13-19)32-33-27(34)38-15-22(35)30-26-29-21(14-37-26)18-9-11-20(28)12-10-18/h6-14,16,23H,5,15H2,1-4H3,(H,31,36)(H,29,30,35)/t23-/m1/s1. The van der Waals surface area contributed by atoms with Gasteiger partial charge in [-0.3, -0.25) is 9.59 Å². The van der Waals surface area contributed by atoms with Crippen molar-refractivity contribution in [3.05, 3.63) is 75.9 Å². The summed E-state index contributed by atoms with van der Waals surface area (Å²) in [5.41, 5.74) is 3.33. The fourth-order valence-electron chi connectivity index (χ4n) is 3.84. The van der Waals surface area contributed by atoms with E-state index >= 15 is 0 Å². The number of thiazole rings is 1. The van der Waals surface area contributed by atoms with E-state index in [0.29, 0.717) is 33.2 Å². The quantitative estimate of drug-likeness (QED) is 0.219. The molecule has 0 saturated carbocycles. The average molecular weight is 569 g/mol. The Morgan fingerprint density at radius 2 is 1.89 bits per heavy atom. The van der Waals surface area contributed by atoms with Crippen molar-refractivity contribution in [2.45, 2.75) is 45.4 Å². The normalized spacial score (nSPS) is 11.9. The van der Waals surface area contributed by atoms with E-state index in [0.717, 1.165) is 16.8 Å². The molecule has 0 radical (unpaired) electrons. The highest BCUT2D eigenvalue weighted by molar-refractivity contribution is 7.99. The Balaban J connectivity index is 1.40. The molecule has 0 aliphatic carbocycles. The van der Waals surface area contributed by atoms with Crippen LogP contribution in [0.5, 0.6) is 0 Å². The fourth-order valence-corrected chi connectivity index (χ4v) is 5.52. The van der Waals surface area contributed by atoms with Gasteiger partial charge in [0.2, 0.25) is 5.91 Å². The van der Waals surface area contributed by atoms with Gasteiger partial charge in [0.05, 0.1) is 17.5 Å². The van der Waals surface area contributed by atoms with Gasteiger partial charge >= 0.3 is 0 Å². The molecule has 8 nitrogen and oxygen atoms in total. The number of aryl methyl sites for hydroxylation is 1. The van der Waals surface area contributed by atoms with Crippen molar-refractivity contribution in [1.29, 1.82) is 0 Å².